The van der Waals surface area contributed by atoms with E-state index < -0.39 is 6.04 Å². The van der Waals surface area contributed by atoms with Gasteiger partial charge in [0, 0.05) is 17.6 Å². The third-order valence-corrected chi connectivity index (χ3v) is 3.96. The predicted molar refractivity (Wildman–Crippen MR) is 91.6 cm³/mol. The summed E-state index contributed by atoms with van der Waals surface area (Å²) in [6.45, 7) is 1.83. The van der Waals surface area contributed by atoms with Crippen LogP contribution in [0.5, 0.6) is 0 Å². The van der Waals surface area contributed by atoms with Crippen LogP contribution >= 0.6 is 0 Å². The normalized spacial score (nSPS) is 16.1. The van der Waals surface area contributed by atoms with E-state index in [1.807, 2.05) is 55.5 Å². The Labute approximate surface area is 143 Å². The Morgan fingerprint density at radius 1 is 1.16 bits per heavy atom. The number of allylic oxidation sites excluding steroid dienone is 1. The summed E-state index contributed by atoms with van der Waals surface area (Å²) in [5.41, 5.74) is 2.61. The summed E-state index contributed by atoms with van der Waals surface area (Å²) in [4.78, 5) is 17.4. The van der Waals surface area contributed by atoms with E-state index in [4.69, 9.17) is 0 Å². The van der Waals surface area contributed by atoms with Crippen molar-refractivity contribution in [2.75, 3.05) is 10.6 Å². The number of carbonyl (C=O) groups excluding carboxylic acids is 1. The fraction of sp³-hybridized carbons (Fsp3) is 0.118. The molecule has 1 aliphatic rings. The molecule has 0 saturated heterocycles. The number of benzene rings is 1. The highest BCUT2D eigenvalue weighted by Crippen LogP contribution is 2.33. The van der Waals surface area contributed by atoms with Gasteiger partial charge in [-0.25, -0.2) is 0 Å². The molecule has 4 rings (SSSR count). The fourth-order valence-corrected chi connectivity index (χ4v) is 2.84. The number of hydrogen-bond donors (Lipinski definition) is 2. The molecule has 0 fully saturated rings. The highest BCUT2D eigenvalue weighted by molar-refractivity contribution is 6.05. The van der Waals surface area contributed by atoms with Gasteiger partial charge in [0.15, 0.2) is 0 Å². The third kappa shape index (κ3) is 2.74. The fourth-order valence-electron chi connectivity index (χ4n) is 2.84. The van der Waals surface area contributed by atoms with Gasteiger partial charge in [-0.1, -0.05) is 29.4 Å². The number of amides is 1. The Bertz CT molecular complexity index is 934. The van der Waals surface area contributed by atoms with Crippen LogP contribution in [0.4, 0.5) is 11.6 Å². The quantitative estimate of drug-likeness (QED) is 0.761. The van der Waals surface area contributed by atoms with Crippen LogP contribution in [0.1, 0.15) is 18.7 Å². The number of fused-ring (bicyclic) bond motifs is 1. The SMILES string of the molecule is CC1=C(C(=O)Nc2ccccc2)[C@H](c2ccccn2)n2nnnc2N1. The van der Waals surface area contributed by atoms with Gasteiger partial charge < -0.3 is 10.6 Å². The molecule has 2 N–H and O–H groups in total. The molecule has 2 aromatic heterocycles. The molecule has 0 radical (unpaired) electrons. The van der Waals surface area contributed by atoms with E-state index >= 15 is 0 Å². The molecular formula is C17H15N7O. The Kier molecular flexibility index (Phi) is 3.70. The topological polar surface area (TPSA) is 97.6 Å². The zero-order chi connectivity index (χ0) is 17.2. The van der Waals surface area contributed by atoms with Gasteiger partial charge in [0.2, 0.25) is 5.95 Å². The van der Waals surface area contributed by atoms with E-state index in [1.54, 1.807) is 10.9 Å². The highest BCUT2D eigenvalue weighted by atomic mass is 16.1. The van der Waals surface area contributed by atoms with Gasteiger partial charge in [-0.05, 0) is 41.6 Å². The third-order valence-electron chi connectivity index (χ3n) is 3.96. The zero-order valence-corrected chi connectivity index (χ0v) is 13.4. The average molecular weight is 333 g/mol. The van der Waals surface area contributed by atoms with Crippen molar-refractivity contribution in [2.24, 2.45) is 0 Å². The maximum atomic E-state index is 13.0. The maximum absolute atomic E-state index is 13.0. The minimum Gasteiger partial charge on any atom is -0.326 e. The number of anilines is 2. The summed E-state index contributed by atoms with van der Waals surface area (Å²) < 4.78 is 1.56. The highest BCUT2D eigenvalue weighted by Gasteiger charge is 2.34. The van der Waals surface area contributed by atoms with Crippen LogP contribution in [0.25, 0.3) is 0 Å². The van der Waals surface area contributed by atoms with Gasteiger partial charge in [0.1, 0.15) is 6.04 Å². The molecule has 1 aliphatic heterocycles. The van der Waals surface area contributed by atoms with Crippen molar-refractivity contribution in [2.45, 2.75) is 13.0 Å². The first-order chi connectivity index (χ1) is 12.2. The molecular weight excluding hydrogens is 318 g/mol. The van der Waals surface area contributed by atoms with Crippen molar-refractivity contribution in [3.05, 3.63) is 71.7 Å². The average Bonchev–Trinajstić information content (AvgIpc) is 3.10. The number of para-hydroxylation sites is 1. The Morgan fingerprint density at radius 2 is 1.96 bits per heavy atom. The first-order valence-corrected chi connectivity index (χ1v) is 7.77. The second kappa shape index (κ2) is 6.16. The van der Waals surface area contributed by atoms with Crippen molar-refractivity contribution in [1.82, 2.24) is 25.2 Å². The lowest BCUT2D eigenvalue weighted by atomic mass is 9.98. The monoisotopic (exact) mass is 333 g/mol. The van der Waals surface area contributed by atoms with E-state index in [0.29, 0.717) is 22.9 Å². The predicted octanol–water partition coefficient (Wildman–Crippen LogP) is 2.00. The lowest BCUT2D eigenvalue weighted by Crippen LogP contribution is -2.32. The number of aromatic nitrogens is 5. The molecule has 1 aromatic carbocycles. The number of nitrogens with zero attached hydrogens (tertiary/aromatic N) is 5. The summed E-state index contributed by atoms with van der Waals surface area (Å²) in [6, 6.07) is 14.3. The van der Waals surface area contributed by atoms with E-state index in [2.05, 4.69) is 31.1 Å². The molecule has 8 nitrogen and oxygen atoms in total. The van der Waals surface area contributed by atoms with Gasteiger partial charge in [-0.3, -0.25) is 9.78 Å². The Balaban J connectivity index is 1.77. The van der Waals surface area contributed by atoms with Gasteiger partial charge >= 0.3 is 0 Å². The van der Waals surface area contributed by atoms with Crippen LogP contribution in [0, 0.1) is 0 Å². The summed E-state index contributed by atoms with van der Waals surface area (Å²) in [7, 11) is 0. The molecule has 0 bridgehead atoms. The second-order valence-corrected chi connectivity index (χ2v) is 5.59. The van der Waals surface area contributed by atoms with Crippen molar-refractivity contribution >= 4 is 17.5 Å². The van der Waals surface area contributed by atoms with Gasteiger partial charge in [0.05, 0.1) is 11.3 Å². The lowest BCUT2D eigenvalue weighted by Gasteiger charge is -2.27. The number of hydrogen-bond acceptors (Lipinski definition) is 6. The minimum absolute atomic E-state index is 0.229. The molecule has 124 valence electrons. The smallest absolute Gasteiger partial charge is 0.255 e. The van der Waals surface area contributed by atoms with E-state index in [9.17, 15) is 4.79 Å². The Hall–Kier alpha value is -3.55. The van der Waals surface area contributed by atoms with Crippen LogP contribution in [-0.2, 0) is 4.79 Å². The maximum Gasteiger partial charge on any atom is 0.255 e. The van der Waals surface area contributed by atoms with E-state index in [-0.39, 0.29) is 5.91 Å². The van der Waals surface area contributed by atoms with Crippen molar-refractivity contribution < 1.29 is 4.79 Å². The minimum atomic E-state index is -0.504. The number of pyridine rings is 1. The molecule has 8 heteroatoms. The van der Waals surface area contributed by atoms with E-state index in [1.165, 1.54) is 0 Å². The zero-order valence-electron chi connectivity index (χ0n) is 13.4. The standard InChI is InChI=1S/C17H15N7O/c1-11-14(16(25)20-12-7-3-2-4-8-12)15(13-9-5-6-10-18-13)24-17(19-11)21-22-23-24/h2-10,15H,1H3,(H,20,25)(H,19,21,23)/t15-/m0/s1. The number of carbonyl (C=O) groups is 1. The molecule has 3 heterocycles. The molecule has 0 saturated carbocycles. The second-order valence-electron chi connectivity index (χ2n) is 5.59. The number of nitrogens with one attached hydrogen (secondary N) is 2. The molecule has 1 amide bonds. The van der Waals surface area contributed by atoms with E-state index in [0.717, 1.165) is 5.69 Å². The van der Waals surface area contributed by atoms with Gasteiger partial charge in [-0.15, -0.1) is 0 Å². The first kappa shape index (κ1) is 15.0. The Morgan fingerprint density at radius 3 is 2.72 bits per heavy atom. The molecule has 1 atom stereocenters. The molecule has 25 heavy (non-hydrogen) atoms. The van der Waals surface area contributed by atoms with Crippen molar-refractivity contribution in [3.63, 3.8) is 0 Å². The molecule has 0 unspecified atom stereocenters. The first-order valence-electron chi connectivity index (χ1n) is 7.77. The largest absolute Gasteiger partial charge is 0.326 e. The van der Waals surface area contributed by atoms with Crippen molar-refractivity contribution in [1.29, 1.82) is 0 Å². The molecule has 3 aromatic rings. The van der Waals surface area contributed by atoms with Crippen LogP contribution < -0.4 is 10.6 Å². The molecule has 0 aliphatic carbocycles. The van der Waals surface area contributed by atoms with Gasteiger partial charge in [-0.2, -0.15) is 4.68 Å². The van der Waals surface area contributed by atoms with Crippen LogP contribution in [-0.4, -0.2) is 31.1 Å². The molecule has 0 spiro atoms. The lowest BCUT2D eigenvalue weighted by molar-refractivity contribution is -0.113. The summed E-state index contributed by atoms with van der Waals surface area (Å²) in [5, 5.41) is 17.7. The van der Waals surface area contributed by atoms with Crippen molar-refractivity contribution in [3.8, 4) is 0 Å². The summed E-state index contributed by atoms with van der Waals surface area (Å²) in [5.74, 6) is 0.248. The summed E-state index contributed by atoms with van der Waals surface area (Å²) >= 11 is 0. The number of tetrazole rings is 1. The summed E-state index contributed by atoms with van der Waals surface area (Å²) in [6.07, 6.45) is 1.68. The van der Waals surface area contributed by atoms with Crippen LogP contribution in [0.2, 0.25) is 0 Å². The van der Waals surface area contributed by atoms with Crippen LogP contribution in [0.15, 0.2) is 66.0 Å². The number of rotatable bonds is 3. The van der Waals surface area contributed by atoms with Gasteiger partial charge in [0.25, 0.3) is 5.91 Å². The van der Waals surface area contributed by atoms with Crippen LogP contribution in [0.3, 0.4) is 0 Å².